The summed E-state index contributed by atoms with van der Waals surface area (Å²) in [4.78, 5) is 77.4. The second kappa shape index (κ2) is 15.7. The van der Waals surface area contributed by atoms with Crippen LogP contribution in [-0.2, 0) is 25.6 Å². The van der Waals surface area contributed by atoms with E-state index in [-0.39, 0.29) is 30.6 Å². The summed E-state index contributed by atoms with van der Waals surface area (Å²) in [6, 6.07) is 10.2. The third kappa shape index (κ3) is 8.81. The lowest BCUT2D eigenvalue weighted by Crippen LogP contribution is -2.60. The number of nitrogens with zero attached hydrogens (tertiary/aromatic N) is 1. The summed E-state index contributed by atoms with van der Waals surface area (Å²) in [6.07, 6.45) is 0.856. The number of halogens is 2. The topological polar surface area (TPSA) is 162 Å². The molecule has 4 N–H and O–H groups in total. The van der Waals surface area contributed by atoms with Crippen molar-refractivity contribution in [1.29, 1.82) is 0 Å². The normalized spacial score (nSPS) is 16.5. The molecule has 2 aromatic rings. The molecule has 1 aliphatic heterocycles. The lowest BCUT2D eigenvalue weighted by atomic mass is 9.93. The van der Waals surface area contributed by atoms with Gasteiger partial charge in [0.05, 0.1) is 17.6 Å². The molecule has 0 radical (unpaired) electrons. The number of Topliss-reactive ketones (excluding diaryl/α,β-unsaturated/α-hetero) is 1. The van der Waals surface area contributed by atoms with Crippen LogP contribution in [0, 0.1) is 11.8 Å². The van der Waals surface area contributed by atoms with Crippen molar-refractivity contribution in [1.82, 2.24) is 20.9 Å². The van der Waals surface area contributed by atoms with Crippen LogP contribution >= 0.6 is 0 Å². The Balaban J connectivity index is 1.68. The Labute approximate surface area is 266 Å². The van der Waals surface area contributed by atoms with Crippen LogP contribution in [0.4, 0.5) is 8.78 Å². The van der Waals surface area contributed by atoms with Crippen LogP contribution in [-0.4, -0.2) is 82.5 Å². The molecule has 248 valence electrons. The molecule has 2 aromatic carbocycles. The summed E-state index contributed by atoms with van der Waals surface area (Å²) < 4.78 is 30.5. The van der Waals surface area contributed by atoms with Crippen LogP contribution < -0.4 is 16.0 Å². The fraction of sp³-hybridized carbons (Fsp3) is 0.455. The first-order chi connectivity index (χ1) is 21.6. The molecule has 1 unspecified atom stereocenters. The van der Waals surface area contributed by atoms with Gasteiger partial charge in [-0.1, -0.05) is 58.0 Å². The summed E-state index contributed by atoms with van der Waals surface area (Å²) in [5.41, 5.74) is 0.896. The van der Waals surface area contributed by atoms with Crippen LogP contribution in [0.15, 0.2) is 54.6 Å². The molecule has 3 rings (SSSR count). The minimum absolute atomic E-state index is 0.0268. The minimum atomic E-state index is -4.36. The van der Waals surface area contributed by atoms with Crippen LogP contribution in [0.2, 0.25) is 0 Å². The number of nitrogens with one attached hydrogen (secondary N) is 3. The van der Waals surface area contributed by atoms with Gasteiger partial charge in [0.2, 0.25) is 17.6 Å². The fourth-order valence-corrected chi connectivity index (χ4v) is 5.42. The monoisotopic (exact) mass is 642 g/mol. The largest absolute Gasteiger partial charge is 0.478 e. The Bertz CT molecular complexity index is 1430. The second-order valence-electron chi connectivity index (χ2n) is 11.9. The van der Waals surface area contributed by atoms with Gasteiger partial charge in [0.25, 0.3) is 11.8 Å². The van der Waals surface area contributed by atoms with Gasteiger partial charge in [0.15, 0.2) is 0 Å². The zero-order valence-corrected chi connectivity index (χ0v) is 26.2. The molecule has 3 atom stereocenters. The number of amides is 4. The summed E-state index contributed by atoms with van der Waals surface area (Å²) in [5, 5.41) is 16.0. The van der Waals surface area contributed by atoms with Gasteiger partial charge in [-0.15, -0.1) is 0 Å². The number of imide groups is 1. The molecule has 0 saturated carbocycles. The number of likely N-dealkylation sites (tertiary alicyclic amines) is 1. The Morgan fingerprint density at radius 2 is 1.52 bits per heavy atom. The predicted molar refractivity (Wildman–Crippen MR) is 164 cm³/mol. The molecule has 0 spiro atoms. The van der Waals surface area contributed by atoms with Crippen molar-refractivity contribution in [2.75, 3.05) is 13.1 Å². The lowest BCUT2D eigenvalue weighted by Gasteiger charge is -2.35. The first-order valence-electron chi connectivity index (χ1n) is 15.1. The van der Waals surface area contributed by atoms with Crippen molar-refractivity contribution >= 4 is 35.4 Å². The fourth-order valence-electron chi connectivity index (χ4n) is 5.42. The summed E-state index contributed by atoms with van der Waals surface area (Å²) in [5.74, 6) is -12.4. The number of carbonyl (C=O) groups excluding carboxylic acids is 5. The van der Waals surface area contributed by atoms with Crippen molar-refractivity contribution in [3.63, 3.8) is 0 Å². The van der Waals surface area contributed by atoms with Crippen molar-refractivity contribution in [2.45, 2.75) is 71.0 Å². The predicted octanol–water partition coefficient (Wildman–Crippen LogP) is 2.83. The van der Waals surface area contributed by atoms with E-state index in [0.29, 0.717) is 12.8 Å². The van der Waals surface area contributed by atoms with Gasteiger partial charge < -0.3 is 15.7 Å². The van der Waals surface area contributed by atoms with Crippen LogP contribution in [0.25, 0.3) is 0 Å². The van der Waals surface area contributed by atoms with Gasteiger partial charge in [-0.05, 0) is 67.5 Å². The van der Waals surface area contributed by atoms with Crippen LogP contribution in [0.5, 0.6) is 0 Å². The summed E-state index contributed by atoms with van der Waals surface area (Å²) in [6.45, 7) is 6.38. The van der Waals surface area contributed by atoms with E-state index in [1.165, 1.54) is 43.0 Å². The van der Waals surface area contributed by atoms with Gasteiger partial charge in [-0.2, -0.15) is 8.78 Å². The van der Waals surface area contributed by atoms with E-state index >= 15 is 8.78 Å². The first-order valence-corrected chi connectivity index (χ1v) is 15.1. The first kappa shape index (κ1) is 36.0. The smallest absolute Gasteiger partial charge is 0.383 e. The highest BCUT2D eigenvalue weighted by atomic mass is 19.3. The highest BCUT2D eigenvalue weighted by Gasteiger charge is 2.54. The van der Waals surface area contributed by atoms with E-state index in [4.69, 9.17) is 5.11 Å². The minimum Gasteiger partial charge on any atom is -0.478 e. The zero-order chi connectivity index (χ0) is 34.2. The van der Waals surface area contributed by atoms with E-state index in [1.807, 2.05) is 0 Å². The van der Waals surface area contributed by atoms with Gasteiger partial charge in [0.1, 0.15) is 6.04 Å². The number of carboxylic acid groups (broad SMARTS) is 1. The van der Waals surface area contributed by atoms with Gasteiger partial charge in [0, 0.05) is 12.1 Å². The molecule has 1 fully saturated rings. The maximum Gasteiger partial charge on any atom is 0.383 e. The van der Waals surface area contributed by atoms with Gasteiger partial charge >= 0.3 is 11.9 Å². The number of ketones is 1. The quantitative estimate of drug-likeness (QED) is 0.229. The Morgan fingerprint density at radius 1 is 0.913 bits per heavy atom. The zero-order valence-electron chi connectivity index (χ0n) is 26.2. The summed E-state index contributed by atoms with van der Waals surface area (Å²) in [7, 11) is 0. The second-order valence-corrected chi connectivity index (χ2v) is 11.9. The molecule has 1 aliphatic rings. The number of hydrogen-bond acceptors (Lipinski definition) is 7. The third-order valence-corrected chi connectivity index (χ3v) is 7.87. The number of carbonyl (C=O) groups is 6. The van der Waals surface area contributed by atoms with E-state index in [1.54, 1.807) is 44.2 Å². The summed E-state index contributed by atoms with van der Waals surface area (Å²) >= 11 is 0. The molecule has 46 heavy (non-hydrogen) atoms. The highest BCUT2D eigenvalue weighted by Crippen LogP contribution is 2.30. The number of benzene rings is 2. The van der Waals surface area contributed by atoms with Crippen molar-refractivity contribution in [2.24, 2.45) is 11.8 Å². The molecule has 1 heterocycles. The van der Waals surface area contributed by atoms with Crippen LogP contribution in [0.1, 0.15) is 66.8 Å². The van der Waals surface area contributed by atoms with E-state index in [0.717, 1.165) is 5.56 Å². The number of aromatic carboxylic acids is 1. The number of rotatable bonds is 14. The molecule has 0 aliphatic carbocycles. The molecule has 0 aromatic heterocycles. The maximum absolute atomic E-state index is 15.2. The molecule has 4 amide bonds. The van der Waals surface area contributed by atoms with Crippen molar-refractivity contribution < 1.29 is 42.7 Å². The maximum atomic E-state index is 15.2. The number of alkyl halides is 2. The highest BCUT2D eigenvalue weighted by molar-refractivity contribution is 6.10. The van der Waals surface area contributed by atoms with Gasteiger partial charge in [-0.3, -0.25) is 34.2 Å². The molecule has 0 bridgehead atoms. The SMILES string of the molecule is CC(C)C(C(=O)C(F)(F)C(=O)NCCc1ccccc1)N1CCC[C@H]1C(=O)NC(=O)[C@@H](NC(=O)c1ccc(C(=O)O)cc1)C(C)C. The number of carboxylic acids is 1. The average molecular weight is 643 g/mol. The van der Waals surface area contributed by atoms with Crippen LogP contribution in [0.3, 0.4) is 0 Å². The molecule has 1 saturated heterocycles. The van der Waals surface area contributed by atoms with E-state index in [9.17, 15) is 28.8 Å². The van der Waals surface area contributed by atoms with Crippen molar-refractivity contribution in [3.8, 4) is 0 Å². The molecule has 11 nitrogen and oxygen atoms in total. The Hall–Kier alpha value is -4.52. The third-order valence-electron chi connectivity index (χ3n) is 7.87. The average Bonchev–Trinajstić information content (AvgIpc) is 3.49. The lowest BCUT2D eigenvalue weighted by molar-refractivity contribution is -0.163. The Kier molecular flexibility index (Phi) is 12.2. The molecule has 13 heteroatoms. The molecular weight excluding hydrogens is 602 g/mol. The Morgan fingerprint density at radius 3 is 2.09 bits per heavy atom. The van der Waals surface area contributed by atoms with E-state index in [2.05, 4.69) is 16.0 Å². The van der Waals surface area contributed by atoms with Gasteiger partial charge in [-0.25, -0.2) is 4.79 Å². The van der Waals surface area contributed by atoms with Crippen molar-refractivity contribution in [3.05, 3.63) is 71.3 Å². The standard InChI is InChI=1S/C33H40F2N4O7/c1-19(2)25(37-28(41)22-12-14-23(15-13-22)31(44)45)30(43)38-29(42)24-11-8-18-39(24)26(20(3)4)27(40)33(34,35)32(46)36-17-16-21-9-6-5-7-10-21/h5-7,9-10,12-15,19-20,24-26H,8,11,16-18H2,1-4H3,(H,36,46)(H,37,41)(H,44,45)(H,38,42,43)/t24-,25-,26?/m0/s1. The van der Waals surface area contributed by atoms with E-state index < -0.39 is 71.3 Å². The molecular formula is C33H40F2N4O7. The number of hydrogen-bond donors (Lipinski definition) is 4.